The van der Waals surface area contributed by atoms with Gasteiger partial charge in [-0.25, -0.2) is 0 Å². The van der Waals surface area contributed by atoms with Crippen molar-refractivity contribution in [1.29, 1.82) is 5.26 Å². The van der Waals surface area contributed by atoms with Gasteiger partial charge in [-0.2, -0.15) is 10.4 Å². The molecule has 1 unspecified atom stereocenters. The zero-order valence-electron chi connectivity index (χ0n) is 9.93. The fraction of sp³-hybridized carbons (Fsp3) is 0.667. The Morgan fingerprint density at radius 1 is 1.50 bits per heavy atom. The third kappa shape index (κ3) is 3.07. The SMILES string of the molecule is CCC(CC)n1ccc(CC(C#N)CO)n1. The molecule has 88 valence electrons. The summed E-state index contributed by atoms with van der Waals surface area (Å²) < 4.78 is 1.96. The molecule has 1 rings (SSSR count). The first-order chi connectivity index (χ1) is 7.74. The molecule has 16 heavy (non-hydrogen) atoms. The topological polar surface area (TPSA) is 61.8 Å². The number of hydrogen-bond donors (Lipinski definition) is 1. The third-order valence-electron chi connectivity index (χ3n) is 2.84. The van der Waals surface area contributed by atoms with Crippen LogP contribution in [0.4, 0.5) is 0 Å². The minimum atomic E-state index is -0.343. The number of aliphatic hydroxyl groups is 1. The molecule has 1 aromatic rings. The van der Waals surface area contributed by atoms with Crippen molar-refractivity contribution in [2.75, 3.05) is 6.61 Å². The monoisotopic (exact) mass is 221 g/mol. The highest BCUT2D eigenvalue weighted by Crippen LogP contribution is 2.15. The van der Waals surface area contributed by atoms with E-state index in [4.69, 9.17) is 10.4 Å². The quantitative estimate of drug-likeness (QED) is 0.798. The van der Waals surface area contributed by atoms with Crippen molar-refractivity contribution in [2.45, 2.75) is 39.2 Å². The van der Waals surface area contributed by atoms with Gasteiger partial charge in [0.1, 0.15) is 0 Å². The van der Waals surface area contributed by atoms with Crippen LogP contribution in [-0.4, -0.2) is 21.5 Å². The molecule has 0 aliphatic rings. The number of aliphatic hydroxyl groups excluding tert-OH is 1. The first-order valence-electron chi connectivity index (χ1n) is 5.79. The maximum atomic E-state index is 8.94. The molecule has 0 radical (unpaired) electrons. The van der Waals surface area contributed by atoms with Crippen LogP contribution in [0.2, 0.25) is 0 Å². The number of rotatable bonds is 6. The van der Waals surface area contributed by atoms with Crippen LogP contribution < -0.4 is 0 Å². The van der Waals surface area contributed by atoms with Crippen LogP contribution in [0.25, 0.3) is 0 Å². The molecular weight excluding hydrogens is 202 g/mol. The van der Waals surface area contributed by atoms with Gasteiger partial charge in [-0.15, -0.1) is 0 Å². The predicted octanol–water partition coefficient (Wildman–Crippen LogP) is 1.92. The average molecular weight is 221 g/mol. The van der Waals surface area contributed by atoms with Gasteiger partial charge in [-0.1, -0.05) is 13.8 Å². The summed E-state index contributed by atoms with van der Waals surface area (Å²) in [4.78, 5) is 0. The summed E-state index contributed by atoms with van der Waals surface area (Å²) in [5.74, 6) is -0.343. The van der Waals surface area contributed by atoms with E-state index in [0.717, 1.165) is 18.5 Å². The summed E-state index contributed by atoms with van der Waals surface area (Å²) in [6.07, 6.45) is 4.59. The molecule has 4 nitrogen and oxygen atoms in total. The van der Waals surface area contributed by atoms with E-state index < -0.39 is 0 Å². The fourth-order valence-corrected chi connectivity index (χ4v) is 1.76. The fourth-order valence-electron chi connectivity index (χ4n) is 1.76. The summed E-state index contributed by atoms with van der Waals surface area (Å²) >= 11 is 0. The Morgan fingerprint density at radius 3 is 2.69 bits per heavy atom. The van der Waals surface area contributed by atoms with Gasteiger partial charge in [0.2, 0.25) is 0 Å². The average Bonchev–Trinajstić information content (AvgIpc) is 2.76. The van der Waals surface area contributed by atoms with Crippen LogP contribution in [0.5, 0.6) is 0 Å². The van der Waals surface area contributed by atoms with Crippen molar-refractivity contribution in [3.8, 4) is 6.07 Å². The highest BCUT2D eigenvalue weighted by Gasteiger charge is 2.11. The molecule has 0 spiro atoms. The van der Waals surface area contributed by atoms with Gasteiger partial charge in [0.05, 0.1) is 30.3 Å². The van der Waals surface area contributed by atoms with Crippen molar-refractivity contribution >= 4 is 0 Å². The maximum Gasteiger partial charge on any atom is 0.0750 e. The molecular formula is C12H19N3O. The molecule has 0 bridgehead atoms. The zero-order chi connectivity index (χ0) is 12.0. The highest BCUT2D eigenvalue weighted by molar-refractivity contribution is 5.04. The molecule has 1 aromatic heterocycles. The van der Waals surface area contributed by atoms with Crippen LogP contribution in [0.15, 0.2) is 12.3 Å². The Morgan fingerprint density at radius 2 is 2.19 bits per heavy atom. The number of nitrogens with zero attached hydrogens (tertiary/aromatic N) is 3. The minimum absolute atomic E-state index is 0.103. The number of nitriles is 1. The predicted molar refractivity (Wildman–Crippen MR) is 61.7 cm³/mol. The highest BCUT2D eigenvalue weighted by atomic mass is 16.3. The molecule has 0 aliphatic heterocycles. The lowest BCUT2D eigenvalue weighted by Gasteiger charge is -2.12. The van der Waals surface area contributed by atoms with E-state index in [1.165, 1.54) is 0 Å². The summed E-state index contributed by atoms with van der Waals surface area (Å²) in [7, 11) is 0. The van der Waals surface area contributed by atoms with Gasteiger partial charge < -0.3 is 5.11 Å². The van der Waals surface area contributed by atoms with E-state index in [-0.39, 0.29) is 12.5 Å². The molecule has 0 saturated carbocycles. The van der Waals surface area contributed by atoms with Crippen LogP contribution in [0.1, 0.15) is 38.4 Å². The Hall–Kier alpha value is -1.34. The standard InChI is InChI=1S/C12H19N3O/c1-3-12(4-2)15-6-5-11(14-15)7-10(8-13)9-16/h5-6,10,12,16H,3-4,7,9H2,1-2H3. The molecule has 0 aromatic carbocycles. The van der Waals surface area contributed by atoms with Gasteiger partial charge in [0.15, 0.2) is 0 Å². The second-order valence-corrected chi connectivity index (χ2v) is 3.97. The molecule has 0 aliphatic carbocycles. The Balaban J connectivity index is 2.68. The molecule has 1 N–H and O–H groups in total. The minimum Gasteiger partial charge on any atom is -0.395 e. The van der Waals surface area contributed by atoms with Crippen molar-refractivity contribution in [3.05, 3.63) is 18.0 Å². The first kappa shape index (κ1) is 12.7. The third-order valence-corrected chi connectivity index (χ3v) is 2.84. The first-order valence-corrected chi connectivity index (χ1v) is 5.79. The van der Waals surface area contributed by atoms with Crippen molar-refractivity contribution in [3.63, 3.8) is 0 Å². The van der Waals surface area contributed by atoms with E-state index in [1.807, 2.05) is 16.9 Å². The molecule has 0 saturated heterocycles. The Bertz CT molecular complexity index is 349. The van der Waals surface area contributed by atoms with Crippen LogP contribution in [-0.2, 0) is 6.42 Å². The van der Waals surface area contributed by atoms with E-state index >= 15 is 0 Å². The largest absolute Gasteiger partial charge is 0.395 e. The van der Waals surface area contributed by atoms with Gasteiger partial charge in [0, 0.05) is 12.6 Å². The van der Waals surface area contributed by atoms with Crippen LogP contribution in [0, 0.1) is 17.2 Å². The van der Waals surface area contributed by atoms with Gasteiger partial charge >= 0.3 is 0 Å². The summed E-state index contributed by atoms with van der Waals surface area (Å²) in [6, 6.07) is 4.43. The van der Waals surface area contributed by atoms with Crippen molar-refractivity contribution in [1.82, 2.24) is 9.78 Å². The summed E-state index contributed by atoms with van der Waals surface area (Å²) in [5.41, 5.74) is 0.882. The van der Waals surface area contributed by atoms with Gasteiger partial charge in [-0.3, -0.25) is 4.68 Å². The van der Waals surface area contributed by atoms with Crippen LogP contribution >= 0.6 is 0 Å². The van der Waals surface area contributed by atoms with E-state index in [1.54, 1.807) is 0 Å². The lowest BCUT2D eigenvalue weighted by atomic mass is 10.1. The lowest BCUT2D eigenvalue weighted by Crippen LogP contribution is -2.10. The maximum absolute atomic E-state index is 8.94. The van der Waals surface area contributed by atoms with E-state index in [9.17, 15) is 0 Å². The molecule has 1 atom stereocenters. The van der Waals surface area contributed by atoms with E-state index in [0.29, 0.717) is 12.5 Å². The molecule has 4 heteroatoms. The summed E-state index contributed by atoms with van der Waals surface area (Å²) in [6.45, 7) is 4.18. The second kappa shape index (κ2) is 6.29. The van der Waals surface area contributed by atoms with Gasteiger partial charge in [0.25, 0.3) is 0 Å². The number of hydrogen-bond acceptors (Lipinski definition) is 3. The summed E-state index contributed by atoms with van der Waals surface area (Å²) in [5, 5.41) is 22.1. The van der Waals surface area contributed by atoms with Crippen molar-refractivity contribution < 1.29 is 5.11 Å². The number of aromatic nitrogens is 2. The van der Waals surface area contributed by atoms with E-state index in [2.05, 4.69) is 25.0 Å². The van der Waals surface area contributed by atoms with Crippen LogP contribution in [0.3, 0.4) is 0 Å². The smallest absolute Gasteiger partial charge is 0.0750 e. The lowest BCUT2D eigenvalue weighted by molar-refractivity contribution is 0.254. The molecule has 1 heterocycles. The van der Waals surface area contributed by atoms with Gasteiger partial charge in [-0.05, 0) is 18.9 Å². The second-order valence-electron chi connectivity index (χ2n) is 3.97. The van der Waals surface area contributed by atoms with Crippen molar-refractivity contribution in [2.24, 2.45) is 5.92 Å². The zero-order valence-corrected chi connectivity index (χ0v) is 9.93. The Labute approximate surface area is 96.5 Å². The molecule has 0 fully saturated rings. The Kier molecular flexibility index (Phi) is 5.00. The molecule has 0 amide bonds. The normalized spacial score (nSPS) is 12.7.